The highest BCUT2D eigenvalue weighted by Crippen LogP contribution is 2.13. The zero-order chi connectivity index (χ0) is 34.1. The average Bonchev–Trinajstić information content (AvgIpc) is 3.03. The van der Waals surface area contributed by atoms with Gasteiger partial charge in [0.25, 0.3) is 0 Å². The number of rotatable bonds is 35. The van der Waals surface area contributed by atoms with Crippen molar-refractivity contribution in [2.75, 3.05) is 53.5 Å². The van der Waals surface area contributed by atoms with E-state index in [-0.39, 0.29) is 13.1 Å². The van der Waals surface area contributed by atoms with Crippen molar-refractivity contribution in [2.24, 2.45) is 0 Å². The second-order valence-corrected chi connectivity index (χ2v) is 13.7. The average molecular weight is 657 g/mol. The Labute approximate surface area is 284 Å². The maximum absolute atomic E-state index is 12.4. The molecule has 0 bridgehead atoms. The molecule has 0 heterocycles. The van der Waals surface area contributed by atoms with Crippen LogP contribution in [0.5, 0.6) is 0 Å². The Kier molecular flexibility index (Phi) is 32.8. The maximum atomic E-state index is 12.4. The molecule has 274 valence electrons. The first-order valence-electron chi connectivity index (χ1n) is 19.4. The van der Waals surface area contributed by atoms with Gasteiger partial charge in [-0.1, -0.05) is 155 Å². The van der Waals surface area contributed by atoms with Crippen LogP contribution in [0, 0.1) is 0 Å². The number of aliphatic hydroxyl groups excluding tert-OH is 2. The van der Waals surface area contributed by atoms with E-state index in [1.54, 1.807) is 4.90 Å². The number of ether oxygens (including phenoxy) is 2. The van der Waals surface area contributed by atoms with Gasteiger partial charge in [0, 0.05) is 26.2 Å². The minimum Gasteiger partial charge on any atom is -0.464 e. The predicted octanol–water partition coefficient (Wildman–Crippen LogP) is 8.06. The summed E-state index contributed by atoms with van der Waals surface area (Å²) in [6.45, 7) is 6.24. The van der Waals surface area contributed by atoms with Gasteiger partial charge in [0.2, 0.25) is 0 Å². The normalized spacial score (nSPS) is 13.0. The lowest BCUT2D eigenvalue weighted by Gasteiger charge is -2.27. The number of aliphatic hydroxyl groups is 2. The third kappa shape index (κ3) is 30.1. The largest absolute Gasteiger partial charge is 0.464 e. The molecule has 46 heavy (non-hydrogen) atoms. The summed E-state index contributed by atoms with van der Waals surface area (Å²) in [5.41, 5.74) is 0. The van der Waals surface area contributed by atoms with Gasteiger partial charge in [0.05, 0.1) is 13.2 Å². The van der Waals surface area contributed by atoms with Gasteiger partial charge in [0.1, 0.15) is 0 Å². The van der Waals surface area contributed by atoms with Crippen molar-refractivity contribution >= 4 is 11.9 Å². The summed E-state index contributed by atoms with van der Waals surface area (Å²) in [4.78, 5) is 28.6. The van der Waals surface area contributed by atoms with Gasteiger partial charge >= 0.3 is 11.9 Å². The zero-order valence-corrected chi connectivity index (χ0v) is 30.8. The van der Waals surface area contributed by atoms with Crippen molar-refractivity contribution in [3.05, 3.63) is 0 Å². The van der Waals surface area contributed by atoms with E-state index >= 15 is 0 Å². The number of carbonyl (C=O) groups is 2. The van der Waals surface area contributed by atoms with Crippen LogP contribution < -0.4 is 0 Å². The van der Waals surface area contributed by atoms with E-state index in [4.69, 9.17) is 9.47 Å². The number of hydrogen-bond acceptors (Lipinski definition) is 8. The molecule has 2 N–H and O–H groups in total. The number of hydrogen-bond donors (Lipinski definition) is 2. The van der Waals surface area contributed by atoms with E-state index in [1.807, 2.05) is 19.0 Å². The van der Waals surface area contributed by atoms with E-state index in [0.29, 0.717) is 26.3 Å². The number of unbranched alkanes of at least 4 members (excludes halogenated alkanes) is 22. The van der Waals surface area contributed by atoms with Crippen molar-refractivity contribution in [3.8, 4) is 0 Å². The molecule has 0 saturated heterocycles. The van der Waals surface area contributed by atoms with Gasteiger partial charge in [-0.05, 0) is 26.9 Å². The van der Waals surface area contributed by atoms with Crippen molar-refractivity contribution in [2.45, 2.75) is 180 Å². The van der Waals surface area contributed by atoms with E-state index in [2.05, 4.69) is 13.8 Å². The third-order valence-corrected chi connectivity index (χ3v) is 8.75. The molecule has 8 nitrogen and oxygen atoms in total. The number of nitrogens with zero attached hydrogens (tertiary/aromatic N) is 2. The highest BCUT2D eigenvalue weighted by atomic mass is 16.6. The molecule has 0 aliphatic heterocycles. The maximum Gasteiger partial charge on any atom is 0.336 e. The van der Waals surface area contributed by atoms with Crippen LogP contribution in [0.2, 0.25) is 0 Å². The van der Waals surface area contributed by atoms with Crippen LogP contribution in [0.4, 0.5) is 0 Å². The molecular weight excluding hydrogens is 580 g/mol. The molecule has 0 aromatic heterocycles. The van der Waals surface area contributed by atoms with E-state index in [0.717, 1.165) is 38.5 Å². The fraction of sp³-hybridized carbons (Fsp3) is 0.947. The number of esters is 2. The first kappa shape index (κ1) is 44.8. The minimum absolute atomic E-state index is 0.00576. The highest BCUT2D eigenvalue weighted by Gasteiger charge is 2.25. The van der Waals surface area contributed by atoms with E-state index in [1.165, 1.54) is 116 Å². The van der Waals surface area contributed by atoms with Gasteiger partial charge in [-0.3, -0.25) is 4.90 Å². The summed E-state index contributed by atoms with van der Waals surface area (Å²) in [7, 11) is 3.85. The molecule has 0 spiro atoms. The van der Waals surface area contributed by atoms with Crippen molar-refractivity contribution in [3.63, 3.8) is 0 Å². The zero-order valence-electron chi connectivity index (χ0n) is 30.8. The van der Waals surface area contributed by atoms with Crippen LogP contribution in [0.25, 0.3) is 0 Å². The Morgan fingerprint density at radius 1 is 0.478 bits per heavy atom. The van der Waals surface area contributed by atoms with Crippen molar-refractivity contribution in [1.82, 2.24) is 9.80 Å². The molecule has 0 aliphatic carbocycles. The Morgan fingerprint density at radius 2 is 0.761 bits per heavy atom. The molecule has 2 atom stereocenters. The fourth-order valence-electron chi connectivity index (χ4n) is 5.66. The summed E-state index contributed by atoms with van der Waals surface area (Å²) in [5, 5.41) is 21.0. The molecule has 0 radical (unpaired) electrons. The van der Waals surface area contributed by atoms with Crippen LogP contribution >= 0.6 is 0 Å². The van der Waals surface area contributed by atoms with Gasteiger partial charge in [-0.2, -0.15) is 0 Å². The Hall–Kier alpha value is -1.22. The molecule has 0 rings (SSSR count). The molecule has 0 saturated carbocycles. The molecule has 0 aliphatic rings. The Morgan fingerprint density at radius 3 is 1.04 bits per heavy atom. The monoisotopic (exact) mass is 657 g/mol. The Balaban J connectivity index is 4.09. The van der Waals surface area contributed by atoms with Gasteiger partial charge in [0.15, 0.2) is 12.2 Å². The van der Waals surface area contributed by atoms with E-state index < -0.39 is 24.1 Å². The molecule has 0 aromatic carbocycles. The molecule has 0 amide bonds. The lowest BCUT2D eigenvalue weighted by Crippen LogP contribution is -2.46. The van der Waals surface area contributed by atoms with Crippen LogP contribution in [0.15, 0.2) is 0 Å². The first-order chi connectivity index (χ1) is 22.3. The Bertz CT molecular complexity index is 628. The predicted molar refractivity (Wildman–Crippen MR) is 191 cm³/mol. The van der Waals surface area contributed by atoms with E-state index in [9.17, 15) is 19.8 Å². The molecule has 0 fully saturated rings. The molecular formula is C38H76N2O6. The topological polar surface area (TPSA) is 99.5 Å². The standard InChI is InChI=1S/C38H76N2O6/c1-5-7-9-11-13-15-17-19-21-23-25-27-31-45-37(43)35(41)33-40(30-29-39(3)4)34-36(42)38(44)46-32-28-26-24-22-20-18-16-14-12-10-8-6-2/h35-36,41-42H,5-34H2,1-4H3. The van der Waals surface area contributed by atoms with Crippen molar-refractivity contribution in [1.29, 1.82) is 0 Å². The third-order valence-electron chi connectivity index (χ3n) is 8.75. The fourth-order valence-corrected chi connectivity index (χ4v) is 5.66. The summed E-state index contributed by atoms with van der Waals surface area (Å²) < 4.78 is 10.6. The van der Waals surface area contributed by atoms with Crippen LogP contribution in [-0.4, -0.2) is 97.6 Å². The van der Waals surface area contributed by atoms with Gasteiger partial charge < -0.3 is 24.6 Å². The van der Waals surface area contributed by atoms with Crippen LogP contribution in [-0.2, 0) is 19.1 Å². The second-order valence-electron chi connectivity index (χ2n) is 13.7. The summed E-state index contributed by atoms with van der Waals surface area (Å²) in [6, 6.07) is 0. The van der Waals surface area contributed by atoms with Crippen LogP contribution in [0.3, 0.4) is 0 Å². The molecule has 0 aromatic rings. The first-order valence-corrected chi connectivity index (χ1v) is 19.4. The SMILES string of the molecule is CCCCCCCCCCCCCCOC(=O)C(O)CN(CCN(C)C)CC(O)C(=O)OCCCCCCCCCCCCCC. The van der Waals surface area contributed by atoms with Crippen molar-refractivity contribution < 1.29 is 29.3 Å². The number of likely N-dealkylation sites (N-methyl/N-ethyl adjacent to an activating group) is 1. The second kappa shape index (κ2) is 33.7. The molecule has 8 heteroatoms. The lowest BCUT2D eigenvalue weighted by molar-refractivity contribution is -0.156. The van der Waals surface area contributed by atoms with Crippen LogP contribution in [0.1, 0.15) is 168 Å². The molecule has 2 unspecified atom stereocenters. The summed E-state index contributed by atoms with van der Waals surface area (Å²) in [6.07, 6.45) is 27.0. The highest BCUT2D eigenvalue weighted by molar-refractivity contribution is 5.75. The summed E-state index contributed by atoms with van der Waals surface area (Å²) in [5.74, 6) is -1.30. The quantitative estimate of drug-likeness (QED) is 0.0522. The lowest BCUT2D eigenvalue weighted by atomic mass is 10.1. The van der Waals surface area contributed by atoms with Gasteiger partial charge in [-0.25, -0.2) is 9.59 Å². The smallest absolute Gasteiger partial charge is 0.336 e. The number of carbonyl (C=O) groups excluding carboxylic acids is 2. The summed E-state index contributed by atoms with van der Waals surface area (Å²) >= 11 is 0. The van der Waals surface area contributed by atoms with Gasteiger partial charge in [-0.15, -0.1) is 0 Å². The minimum atomic E-state index is -1.33.